The van der Waals surface area contributed by atoms with Crippen molar-refractivity contribution in [2.24, 2.45) is 5.41 Å². The van der Waals surface area contributed by atoms with Crippen molar-refractivity contribution in [3.8, 4) is 0 Å². The molecule has 1 unspecified atom stereocenters. The Hall–Kier alpha value is -3.48. The standard InChI is InChI=1S/C22H20N4O3/c1-22(2)11-15-19(18(27)12-22)20(13-7-3-5-9-16(13)26(28)29)25-17-10-6-4-8-14(17)23-21(25)24-15/h3-10,20H,11-12H2,1-2H3,(H,23,24). The van der Waals surface area contributed by atoms with Gasteiger partial charge in [-0.05, 0) is 30.0 Å². The van der Waals surface area contributed by atoms with Crippen molar-refractivity contribution in [1.29, 1.82) is 0 Å². The highest BCUT2D eigenvalue weighted by Crippen LogP contribution is 2.48. The molecule has 1 aliphatic heterocycles. The zero-order chi connectivity index (χ0) is 20.3. The van der Waals surface area contributed by atoms with Crippen molar-refractivity contribution in [3.05, 3.63) is 75.5 Å². The lowest BCUT2D eigenvalue weighted by atomic mass is 9.73. The molecule has 1 aromatic heterocycles. The lowest BCUT2D eigenvalue weighted by Crippen LogP contribution is -2.36. The van der Waals surface area contributed by atoms with Crippen molar-refractivity contribution in [1.82, 2.24) is 9.55 Å². The highest BCUT2D eigenvalue weighted by atomic mass is 16.6. The molecule has 7 nitrogen and oxygen atoms in total. The van der Waals surface area contributed by atoms with Crippen LogP contribution in [0.2, 0.25) is 0 Å². The second-order valence-electron chi connectivity index (χ2n) is 8.47. The number of nitro groups is 1. The summed E-state index contributed by atoms with van der Waals surface area (Å²) >= 11 is 0. The third-order valence-electron chi connectivity index (χ3n) is 5.74. The molecule has 0 fully saturated rings. The van der Waals surface area contributed by atoms with Gasteiger partial charge in [0.1, 0.15) is 0 Å². The Balaban J connectivity index is 1.84. The van der Waals surface area contributed by atoms with Crippen molar-refractivity contribution >= 4 is 28.5 Å². The number of allylic oxidation sites excluding steroid dienone is 2. The summed E-state index contributed by atoms with van der Waals surface area (Å²) in [4.78, 5) is 29.4. The van der Waals surface area contributed by atoms with Crippen molar-refractivity contribution in [3.63, 3.8) is 0 Å². The van der Waals surface area contributed by atoms with E-state index in [9.17, 15) is 14.9 Å². The maximum atomic E-state index is 13.3. The van der Waals surface area contributed by atoms with Crippen LogP contribution in [-0.4, -0.2) is 20.3 Å². The number of aromatic nitrogens is 2. The molecule has 3 aromatic rings. The minimum absolute atomic E-state index is 0.00705. The molecule has 2 heterocycles. The molecule has 0 spiro atoms. The minimum atomic E-state index is -0.584. The second kappa shape index (κ2) is 6.01. The van der Waals surface area contributed by atoms with E-state index in [4.69, 9.17) is 4.98 Å². The van der Waals surface area contributed by atoms with E-state index in [0.29, 0.717) is 29.9 Å². The SMILES string of the molecule is CC1(C)CC(=O)C2=C(C1)Nc1nc3ccccc3n1C2c1ccccc1[N+](=O)[O-]. The number of rotatable bonds is 2. The van der Waals surface area contributed by atoms with Crippen LogP contribution in [0.25, 0.3) is 11.0 Å². The van der Waals surface area contributed by atoms with Crippen LogP contribution >= 0.6 is 0 Å². The first-order valence-corrected chi connectivity index (χ1v) is 9.59. The van der Waals surface area contributed by atoms with Gasteiger partial charge in [-0.15, -0.1) is 0 Å². The Bertz CT molecular complexity index is 1220. The zero-order valence-corrected chi connectivity index (χ0v) is 16.2. The molecule has 146 valence electrons. The normalized spacial score (nSPS) is 20.2. The van der Waals surface area contributed by atoms with Crippen LogP contribution in [0.1, 0.15) is 38.3 Å². The number of benzene rings is 2. The summed E-state index contributed by atoms with van der Waals surface area (Å²) in [5, 5.41) is 15.2. The van der Waals surface area contributed by atoms with E-state index in [2.05, 4.69) is 19.2 Å². The van der Waals surface area contributed by atoms with E-state index < -0.39 is 6.04 Å². The number of nitrogens with one attached hydrogen (secondary N) is 1. The summed E-state index contributed by atoms with van der Waals surface area (Å²) in [6, 6.07) is 13.7. The average molecular weight is 388 g/mol. The van der Waals surface area contributed by atoms with Crippen LogP contribution in [0.3, 0.4) is 0 Å². The fourth-order valence-electron chi connectivity index (χ4n) is 4.60. The van der Waals surface area contributed by atoms with Gasteiger partial charge in [-0.3, -0.25) is 19.5 Å². The van der Waals surface area contributed by atoms with Gasteiger partial charge < -0.3 is 5.32 Å². The lowest BCUT2D eigenvalue weighted by Gasteiger charge is -2.39. The number of fused-ring (bicyclic) bond motifs is 3. The second-order valence-corrected chi connectivity index (χ2v) is 8.47. The molecule has 5 rings (SSSR count). The molecule has 1 N–H and O–H groups in total. The fraction of sp³-hybridized carbons (Fsp3) is 0.273. The quantitative estimate of drug-likeness (QED) is 0.512. The molecule has 2 aromatic carbocycles. The molecule has 1 atom stereocenters. The van der Waals surface area contributed by atoms with Gasteiger partial charge in [0.25, 0.3) is 5.69 Å². The van der Waals surface area contributed by atoms with Crippen LogP contribution in [0.4, 0.5) is 11.6 Å². The minimum Gasteiger partial charge on any atom is -0.329 e. The van der Waals surface area contributed by atoms with E-state index in [1.54, 1.807) is 18.2 Å². The number of imidazole rings is 1. The summed E-state index contributed by atoms with van der Waals surface area (Å²) in [7, 11) is 0. The zero-order valence-electron chi connectivity index (χ0n) is 16.2. The number of carbonyl (C=O) groups is 1. The molecular weight excluding hydrogens is 368 g/mol. The topological polar surface area (TPSA) is 90.1 Å². The summed E-state index contributed by atoms with van der Waals surface area (Å²) < 4.78 is 1.92. The first kappa shape index (κ1) is 17.6. The number of para-hydroxylation sites is 3. The van der Waals surface area contributed by atoms with Crippen LogP contribution in [0, 0.1) is 15.5 Å². The van der Waals surface area contributed by atoms with Gasteiger partial charge in [-0.1, -0.05) is 38.1 Å². The van der Waals surface area contributed by atoms with Crippen molar-refractivity contribution in [2.75, 3.05) is 5.32 Å². The number of nitrogens with zero attached hydrogens (tertiary/aromatic N) is 3. The van der Waals surface area contributed by atoms with E-state index in [1.807, 2.05) is 28.8 Å². The first-order valence-electron chi connectivity index (χ1n) is 9.59. The number of hydrogen-bond donors (Lipinski definition) is 1. The lowest BCUT2D eigenvalue weighted by molar-refractivity contribution is -0.385. The summed E-state index contributed by atoms with van der Waals surface area (Å²) in [6.07, 6.45) is 1.10. The highest BCUT2D eigenvalue weighted by Gasteiger charge is 2.43. The number of ketones is 1. The summed E-state index contributed by atoms with van der Waals surface area (Å²) in [5.74, 6) is 0.633. The van der Waals surface area contributed by atoms with Gasteiger partial charge >= 0.3 is 0 Å². The Morgan fingerprint density at radius 2 is 1.86 bits per heavy atom. The molecule has 0 saturated carbocycles. The van der Waals surface area contributed by atoms with Crippen LogP contribution in [0.15, 0.2) is 59.8 Å². The first-order chi connectivity index (χ1) is 13.9. The Morgan fingerprint density at radius 3 is 2.66 bits per heavy atom. The third kappa shape index (κ3) is 2.65. The maximum Gasteiger partial charge on any atom is 0.275 e. The van der Waals surface area contributed by atoms with E-state index in [-0.39, 0.29) is 21.8 Å². The van der Waals surface area contributed by atoms with Gasteiger partial charge in [0.2, 0.25) is 5.95 Å². The summed E-state index contributed by atoms with van der Waals surface area (Å²) in [6.45, 7) is 4.13. The van der Waals surface area contributed by atoms with Gasteiger partial charge in [0.05, 0.1) is 27.6 Å². The van der Waals surface area contributed by atoms with Crippen LogP contribution in [0.5, 0.6) is 0 Å². The van der Waals surface area contributed by atoms with E-state index in [0.717, 1.165) is 16.7 Å². The average Bonchev–Trinajstić information content (AvgIpc) is 3.03. The molecule has 1 aliphatic carbocycles. The number of carbonyl (C=O) groups excluding carboxylic acids is 1. The Morgan fingerprint density at radius 1 is 1.14 bits per heavy atom. The summed E-state index contributed by atoms with van der Waals surface area (Å²) in [5.41, 5.74) is 3.38. The van der Waals surface area contributed by atoms with Gasteiger partial charge in [-0.25, -0.2) is 4.98 Å². The molecule has 2 aliphatic rings. The monoisotopic (exact) mass is 388 g/mol. The number of nitro benzene ring substituents is 1. The molecule has 0 saturated heterocycles. The van der Waals surface area contributed by atoms with Crippen molar-refractivity contribution in [2.45, 2.75) is 32.7 Å². The maximum absolute atomic E-state index is 13.3. The molecular formula is C22H20N4O3. The highest BCUT2D eigenvalue weighted by molar-refractivity contribution is 6.01. The Kier molecular flexibility index (Phi) is 3.65. The molecule has 7 heteroatoms. The molecule has 0 radical (unpaired) electrons. The fourth-order valence-corrected chi connectivity index (χ4v) is 4.60. The van der Waals surface area contributed by atoms with Crippen molar-refractivity contribution < 1.29 is 9.72 Å². The number of hydrogen-bond acceptors (Lipinski definition) is 5. The Labute approximate surface area is 167 Å². The molecule has 0 bridgehead atoms. The molecule has 0 amide bonds. The van der Waals surface area contributed by atoms with Gasteiger partial charge in [0, 0.05) is 23.8 Å². The smallest absolute Gasteiger partial charge is 0.275 e. The predicted octanol–water partition coefficient (Wildman–Crippen LogP) is 4.60. The van der Waals surface area contributed by atoms with Crippen LogP contribution < -0.4 is 5.32 Å². The number of anilines is 1. The third-order valence-corrected chi connectivity index (χ3v) is 5.74. The number of Topliss-reactive ketones (excluding diaryl/α,β-unsaturated/α-hetero) is 1. The molecule has 29 heavy (non-hydrogen) atoms. The predicted molar refractivity (Wildman–Crippen MR) is 110 cm³/mol. The van der Waals surface area contributed by atoms with E-state index >= 15 is 0 Å². The van der Waals surface area contributed by atoms with Crippen LogP contribution in [-0.2, 0) is 4.79 Å². The van der Waals surface area contributed by atoms with Gasteiger partial charge in [-0.2, -0.15) is 0 Å². The van der Waals surface area contributed by atoms with Gasteiger partial charge in [0.15, 0.2) is 5.78 Å². The van der Waals surface area contributed by atoms with E-state index in [1.165, 1.54) is 6.07 Å². The largest absolute Gasteiger partial charge is 0.329 e.